The number of unbranched alkanes of at least 4 members (excludes halogenated alkanes) is 54. The summed E-state index contributed by atoms with van der Waals surface area (Å²) in [7, 11) is 1.52. The second kappa shape index (κ2) is 72.7. The van der Waals surface area contributed by atoms with E-state index >= 15 is 0 Å². The minimum Gasteiger partial charge on any atom is -0.456 e. The number of hydrogen-bond donors (Lipinski definition) is 2. The van der Waals surface area contributed by atoms with Crippen molar-refractivity contribution in [2.75, 3.05) is 40.9 Å². The highest BCUT2D eigenvalue weighted by molar-refractivity contribution is 7.47. The Hall–Kier alpha value is -2.03. The van der Waals surface area contributed by atoms with Crippen LogP contribution < -0.4 is 5.32 Å². The number of nitrogens with zero attached hydrogens (tertiary/aromatic N) is 1. The first-order valence-electron chi connectivity index (χ1n) is 41.0. The summed E-state index contributed by atoms with van der Waals surface area (Å²) < 4.78 is 31.0. The van der Waals surface area contributed by atoms with Crippen molar-refractivity contribution >= 4 is 19.7 Å². The Labute approximate surface area is 579 Å². The molecule has 0 aliphatic rings. The average Bonchev–Trinajstić information content (AvgIpc) is 2.31. The lowest BCUT2D eigenvalue weighted by atomic mass is 10.0. The fourth-order valence-electron chi connectivity index (χ4n) is 12.4. The normalized spacial score (nSPS) is 13.6. The molecule has 0 saturated carbocycles. The quantitative estimate of drug-likeness (QED) is 0.0205. The van der Waals surface area contributed by atoms with Crippen LogP contribution in [0, 0.1) is 0 Å². The molecule has 0 aliphatic heterocycles. The first-order valence-corrected chi connectivity index (χ1v) is 42.5. The minimum atomic E-state index is -4.46. The zero-order valence-corrected chi connectivity index (χ0v) is 63.9. The lowest BCUT2D eigenvalue weighted by Crippen LogP contribution is -2.47. The van der Waals surface area contributed by atoms with Crippen LogP contribution in [0.5, 0.6) is 0 Å². The van der Waals surface area contributed by atoms with Crippen LogP contribution in [0.15, 0.2) is 48.6 Å². The Kier molecular flexibility index (Phi) is 71.1. The first kappa shape index (κ1) is 91.0. The third-order valence-electron chi connectivity index (χ3n) is 18.7. The molecule has 3 atom stereocenters. The van der Waals surface area contributed by atoms with Gasteiger partial charge in [-0.1, -0.05) is 365 Å². The molecule has 0 bridgehead atoms. The summed E-state index contributed by atoms with van der Waals surface area (Å²) in [5, 5.41) is 3.09. The number of allylic oxidation sites excluding steroid dienone is 7. The Morgan fingerprint density at radius 3 is 1.00 bits per heavy atom. The molecule has 9 nitrogen and oxygen atoms in total. The van der Waals surface area contributed by atoms with Crippen molar-refractivity contribution in [3.05, 3.63) is 48.6 Å². The van der Waals surface area contributed by atoms with E-state index in [0.717, 1.165) is 64.2 Å². The zero-order chi connectivity index (χ0) is 67.8. The standard InChI is InChI=1S/C83H159N2O7P/c1-7-10-13-16-19-22-25-28-30-32-34-36-38-40-42-44-46-48-50-52-54-57-60-63-66-69-72-75-82(86)84-80(79-91-93(88,89)90-78-77-85(4,5)6)81(74-71-68-65-62-59-56-27-24-21-18-15-12-9-3)92-83(87)76-73-70-67-64-61-58-55-53-51-49-47-45-43-41-39-37-35-33-31-29-26-23-20-17-14-11-8-2/h19,22,28-31,71,74,80-81H,7-18,20-21,23-27,32-70,72-73,75-79H2,1-6H3,(H-,84,86,88,89)/p+1/b22-19-,30-28-,31-29+,74-71+. The van der Waals surface area contributed by atoms with E-state index in [1.165, 1.54) is 321 Å². The van der Waals surface area contributed by atoms with E-state index < -0.39 is 20.0 Å². The van der Waals surface area contributed by atoms with Gasteiger partial charge in [0.2, 0.25) is 5.91 Å². The maximum Gasteiger partial charge on any atom is 0.472 e. The number of nitrogens with one attached hydrogen (secondary N) is 1. The van der Waals surface area contributed by atoms with Crippen LogP contribution in [0.1, 0.15) is 419 Å². The Bertz CT molecular complexity index is 1730. The van der Waals surface area contributed by atoms with Gasteiger partial charge in [-0.3, -0.25) is 18.6 Å². The average molecular weight is 1330 g/mol. The number of hydrogen-bond acceptors (Lipinski definition) is 6. The number of quaternary nitrogens is 1. The summed E-state index contributed by atoms with van der Waals surface area (Å²) in [4.78, 5) is 38.1. The molecule has 10 heteroatoms. The molecule has 0 aromatic heterocycles. The van der Waals surface area contributed by atoms with Gasteiger partial charge < -0.3 is 19.4 Å². The number of phosphoric acid groups is 1. The van der Waals surface area contributed by atoms with E-state index in [2.05, 4.69) is 68.6 Å². The zero-order valence-electron chi connectivity index (χ0n) is 63.0. The molecule has 0 radical (unpaired) electrons. The monoisotopic (exact) mass is 1330 g/mol. The Morgan fingerprint density at radius 2 is 0.656 bits per heavy atom. The summed E-state index contributed by atoms with van der Waals surface area (Å²) in [6.07, 6.45) is 94.4. The molecule has 0 aliphatic carbocycles. The fraction of sp³-hybridized carbons (Fsp3) is 0.880. The van der Waals surface area contributed by atoms with E-state index in [0.29, 0.717) is 23.9 Å². The van der Waals surface area contributed by atoms with Crippen LogP contribution in [0.3, 0.4) is 0 Å². The van der Waals surface area contributed by atoms with Crippen LogP contribution in [0.25, 0.3) is 0 Å². The van der Waals surface area contributed by atoms with E-state index in [4.69, 9.17) is 13.8 Å². The van der Waals surface area contributed by atoms with Gasteiger partial charge in [0.05, 0.1) is 33.8 Å². The maximum atomic E-state index is 13.7. The molecule has 1 amide bonds. The van der Waals surface area contributed by atoms with Gasteiger partial charge >= 0.3 is 13.8 Å². The second-order valence-electron chi connectivity index (χ2n) is 29.3. The van der Waals surface area contributed by atoms with E-state index in [1.54, 1.807) is 0 Å². The molecule has 548 valence electrons. The molecule has 0 rings (SSSR count). The van der Waals surface area contributed by atoms with Crippen molar-refractivity contribution in [3.8, 4) is 0 Å². The predicted octanol–water partition coefficient (Wildman–Crippen LogP) is 26.7. The maximum absolute atomic E-state index is 13.7. The molecular formula is C83H160N2O7P+. The van der Waals surface area contributed by atoms with Gasteiger partial charge in [-0.05, 0) is 89.5 Å². The molecular weight excluding hydrogens is 1170 g/mol. The minimum absolute atomic E-state index is 0.0431. The molecule has 0 fully saturated rings. The number of ether oxygens (including phenoxy) is 1. The van der Waals surface area contributed by atoms with Gasteiger partial charge in [0.15, 0.2) is 0 Å². The van der Waals surface area contributed by atoms with E-state index in [9.17, 15) is 19.0 Å². The summed E-state index contributed by atoms with van der Waals surface area (Å²) >= 11 is 0. The summed E-state index contributed by atoms with van der Waals surface area (Å²) in [5.41, 5.74) is 0. The van der Waals surface area contributed by atoms with Gasteiger partial charge in [-0.25, -0.2) is 4.57 Å². The molecule has 0 saturated heterocycles. The number of carbonyl (C=O) groups is 2. The van der Waals surface area contributed by atoms with Crippen LogP contribution in [-0.4, -0.2) is 74.3 Å². The third kappa shape index (κ3) is 74.0. The largest absolute Gasteiger partial charge is 0.472 e. The number of likely N-dealkylation sites (N-methyl/N-ethyl adjacent to an activating group) is 1. The fourth-order valence-corrected chi connectivity index (χ4v) is 13.2. The number of carbonyl (C=O) groups excluding carboxylic acids is 2. The third-order valence-corrected chi connectivity index (χ3v) is 19.7. The molecule has 2 N–H and O–H groups in total. The Balaban J connectivity index is 4.89. The summed E-state index contributed by atoms with van der Waals surface area (Å²) in [5.74, 6) is -0.480. The molecule has 3 unspecified atom stereocenters. The molecule has 0 spiro atoms. The lowest BCUT2D eigenvalue weighted by molar-refractivity contribution is -0.870. The van der Waals surface area contributed by atoms with Crippen LogP contribution in [0.4, 0.5) is 0 Å². The van der Waals surface area contributed by atoms with Crippen LogP contribution in [0.2, 0.25) is 0 Å². The summed E-state index contributed by atoms with van der Waals surface area (Å²) in [6.45, 7) is 7.06. The van der Waals surface area contributed by atoms with Crippen molar-refractivity contribution in [2.24, 2.45) is 0 Å². The van der Waals surface area contributed by atoms with Crippen molar-refractivity contribution in [1.29, 1.82) is 0 Å². The van der Waals surface area contributed by atoms with Crippen molar-refractivity contribution in [3.63, 3.8) is 0 Å². The number of rotatable bonds is 76. The summed E-state index contributed by atoms with van der Waals surface area (Å²) in [6, 6.07) is -0.847. The lowest BCUT2D eigenvalue weighted by Gasteiger charge is -2.27. The first-order chi connectivity index (χ1) is 45.4. The van der Waals surface area contributed by atoms with Gasteiger partial charge in [0, 0.05) is 12.8 Å². The van der Waals surface area contributed by atoms with Gasteiger partial charge in [0.1, 0.15) is 19.3 Å². The molecule has 93 heavy (non-hydrogen) atoms. The number of phosphoric ester groups is 1. The second-order valence-corrected chi connectivity index (χ2v) is 30.7. The van der Waals surface area contributed by atoms with Crippen LogP contribution in [-0.2, 0) is 27.9 Å². The highest BCUT2D eigenvalue weighted by Gasteiger charge is 2.30. The van der Waals surface area contributed by atoms with Crippen molar-refractivity contribution in [1.82, 2.24) is 5.32 Å². The topological polar surface area (TPSA) is 111 Å². The number of amides is 1. The van der Waals surface area contributed by atoms with E-state index in [-0.39, 0.29) is 25.1 Å². The molecule has 0 aromatic rings. The highest BCUT2D eigenvalue weighted by Crippen LogP contribution is 2.43. The van der Waals surface area contributed by atoms with Crippen molar-refractivity contribution in [2.45, 2.75) is 431 Å². The molecule has 0 heterocycles. The van der Waals surface area contributed by atoms with Gasteiger partial charge in [0.25, 0.3) is 0 Å². The van der Waals surface area contributed by atoms with Crippen LogP contribution >= 0.6 is 7.82 Å². The molecule has 0 aromatic carbocycles. The smallest absolute Gasteiger partial charge is 0.456 e. The van der Waals surface area contributed by atoms with Crippen molar-refractivity contribution < 1.29 is 37.3 Å². The number of esters is 1. The Morgan fingerprint density at radius 1 is 0.376 bits per heavy atom. The van der Waals surface area contributed by atoms with Gasteiger partial charge in [-0.15, -0.1) is 0 Å². The van der Waals surface area contributed by atoms with E-state index in [1.807, 2.05) is 27.2 Å². The highest BCUT2D eigenvalue weighted by atomic mass is 31.2. The predicted molar refractivity (Wildman–Crippen MR) is 406 cm³/mol. The SMILES string of the molecule is CCCCC/C=C\C/C=C\CCCCCCCCCCCCCCCCCCCC(=O)NC(COP(=O)(O)OCC[N+](C)(C)C)C(/C=C/CCCCCCCCCCCCC)OC(=O)CCCCCCCCCCCCCCCCCCC/C=C/CCCCCCCC. The van der Waals surface area contributed by atoms with Gasteiger partial charge in [-0.2, -0.15) is 0 Å².